The van der Waals surface area contributed by atoms with Gasteiger partial charge in [-0.1, -0.05) is 18.5 Å². The fourth-order valence-electron chi connectivity index (χ4n) is 2.11. The van der Waals surface area contributed by atoms with Gasteiger partial charge in [0, 0.05) is 10.2 Å². The van der Waals surface area contributed by atoms with E-state index in [9.17, 15) is 4.79 Å². The van der Waals surface area contributed by atoms with Gasteiger partial charge in [-0.15, -0.1) is 0 Å². The van der Waals surface area contributed by atoms with Gasteiger partial charge in [0.05, 0.1) is 11.1 Å². The second-order valence-electron chi connectivity index (χ2n) is 4.75. The first-order chi connectivity index (χ1) is 8.56. The monoisotopic (exact) mass is 330 g/mol. The van der Waals surface area contributed by atoms with Crippen LogP contribution in [0, 0.1) is 5.92 Å². The summed E-state index contributed by atoms with van der Waals surface area (Å²) < 4.78 is 0.826. The van der Waals surface area contributed by atoms with Gasteiger partial charge in [0.1, 0.15) is 0 Å². The summed E-state index contributed by atoms with van der Waals surface area (Å²) >= 11 is 9.32. The van der Waals surface area contributed by atoms with Crippen molar-refractivity contribution >= 4 is 39.1 Å². The van der Waals surface area contributed by atoms with Crippen LogP contribution in [-0.4, -0.2) is 18.5 Å². The second-order valence-corrected chi connectivity index (χ2v) is 6.02. The molecule has 2 rings (SSSR count). The fraction of sp³-hybridized carbons (Fsp3) is 0.462. The van der Waals surface area contributed by atoms with E-state index in [1.165, 1.54) is 0 Å². The van der Waals surface area contributed by atoms with Crippen molar-refractivity contribution in [3.63, 3.8) is 0 Å². The van der Waals surface area contributed by atoms with Crippen molar-refractivity contribution in [3.05, 3.63) is 27.7 Å². The van der Waals surface area contributed by atoms with E-state index in [-0.39, 0.29) is 11.9 Å². The Kier molecular flexibility index (Phi) is 4.65. The molecule has 1 saturated heterocycles. The molecule has 0 radical (unpaired) electrons. The van der Waals surface area contributed by atoms with E-state index in [1.54, 1.807) is 6.07 Å². The van der Waals surface area contributed by atoms with Crippen molar-refractivity contribution < 1.29 is 4.79 Å². The van der Waals surface area contributed by atoms with Crippen molar-refractivity contribution in [2.45, 2.75) is 25.8 Å². The molecule has 1 aromatic rings. The number of rotatable bonds is 2. The normalized spacial score (nSPS) is 23.7. The van der Waals surface area contributed by atoms with Crippen LogP contribution in [0.4, 0.5) is 5.69 Å². The summed E-state index contributed by atoms with van der Waals surface area (Å²) in [6, 6.07) is 5.31. The number of anilines is 1. The molecule has 18 heavy (non-hydrogen) atoms. The maximum absolute atomic E-state index is 12.1. The molecule has 1 amide bonds. The molecule has 5 heteroatoms. The number of nitrogens with one attached hydrogen (secondary N) is 2. The largest absolute Gasteiger partial charge is 0.325 e. The lowest BCUT2D eigenvalue weighted by Gasteiger charge is -2.27. The summed E-state index contributed by atoms with van der Waals surface area (Å²) in [4.78, 5) is 12.1. The molecule has 0 bridgehead atoms. The van der Waals surface area contributed by atoms with Gasteiger partial charge in [-0.25, -0.2) is 0 Å². The molecular formula is C13H16BrClN2O. The molecule has 1 aliphatic rings. The van der Waals surface area contributed by atoms with E-state index in [0.717, 1.165) is 29.5 Å². The minimum absolute atomic E-state index is 0.0138. The molecule has 0 spiro atoms. The van der Waals surface area contributed by atoms with Crippen molar-refractivity contribution in [2.75, 3.05) is 11.9 Å². The fourth-order valence-corrected chi connectivity index (χ4v) is 2.54. The number of carbonyl (C=O) groups excluding carboxylic acids is 1. The SMILES string of the molecule is CC1CCNC(C(=O)Nc2ccc(Br)c(Cl)c2)C1. The smallest absolute Gasteiger partial charge is 0.241 e. The average molecular weight is 332 g/mol. The van der Waals surface area contributed by atoms with Crippen LogP contribution in [0.15, 0.2) is 22.7 Å². The number of hydrogen-bond acceptors (Lipinski definition) is 2. The Hall–Kier alpha value is -0.580. The summed E-state index contributed by atoms with van der Waals surface area (Å²) in [6.45, 7) is 3.08. The Balaban J connectivity index is 2.00. The zero-order valence-corrected chi connectivity index (χ0v) is 12.5. The van der Waals surface area contributed by atoms with Gasteiger partial charge < -0.3 is 10.6 Å². The highest BCUT2D eigenvalue weighted by Crippen LogP contribution is 2.26. The van der Waals surface area contributed by atoms with Crippen LogP contribution in [0.1, 0.15) is 19.8 Å². The van der Waals surface area contributed by atoms with E-state index < -0.39 is 0 Å². The van der Waals surface area contributed by atoms with Gasteiger partial charge in [0.15, 0.2) is 0 Å². The molecule has 98 valence electrons. The number of benzene rings is 1. The molecule has 1 aromatic carbocycles. The summed E-state index contributed by atoms with van der Waals surface area (Å²) in [7, 11) is 0. The van der Waals surface area contributed by atoms with Gasteiger partial charge in [-0.05, 0) is 59.4 Å². The first-order valence-electron chi connectivity index (χ1n) is 6.05. The molecule has 2 atom stereocenters. The van der Waals surface area contributed by atoms with E-state index in [0.29, 0.717) is 10.9 Å². The second kappa shape index (κ2) is 6.04. The first-order valence-corrected chi connectivity index (χ1v) is 7.22. The summed E-state index contributed by atoms with van der Waals surface area (Å²) in [5, 5.41) is 6.73. The van der Waals surface area contributed by atoms with E-state index in [1.807, 2.05) is 12.1 Å². The maximum Gasteiger partial charge on any atom is 0.241 e. The van der Waals surface area contributed by atoms with Crippen molar-refractivity contribution in [1.29, 1.82) is 0 Å². The van der Waals surface area contributed by atoms with Crippen LogP contribution in [0.5, 0.6) is 0 Å². The van der Waals surface area contributed by atoms with Crippen LogP contribution >= 0.6 is 27.5 Å². The molecule has 0 aliphatic carbocycles. The van der Waals surface area contributed by atoms with Gasteiger partial charge >= 0.3 is 0 Å². The minimum Gasteiger partial charge on any atom is -0.325 e. The third kappa shape index (κ3) is 3.46. The molecule has 1 fully saturated rings. The van der Waals surface area contributed by atoms with E-state index in [4.69, 9.17) is 11.6 Å². The van der Waals surface area contributed by atoms with Gasteiger partial charge in [-0.2, -0.15) is 0 Å². The molecule has 2 N–H and O–H groups in total. The van der Waals surface area contributed by atoms with E-state index >= 15 is 0 Å². The Morgan fingerprint density at radius 3 is 3.00 bits per heavy atom. The zero-order valence-electron chi connectivity index (χ0n) is 10.2. The molecule has 3 nitrogen and oxygen atoms in total. The van der Waals surface area contributed by atoms with Crippen LogP contribution in [0.3, 0.4) is 0 Å². The predicted molar refractivity (Wildman–Crippen MR) is 78.0 cm³/mol. The molecule has 1 aliphatic heterocycles. The lowest BCUT2D eigenvalue weighted by atomic mass is 9.94. The van der Waals surface area contributed by atoms with E-state index in [2.05, 4.69) is 33.5 Å². The van der Waals surface area contributed by atoms with Gasteiger partial charge in [0.2, 0.25) is 5.91 Å². The third-order valence-corrected chi connectivity index (χ3v) is 4.40. The molecule has 2 unspecified atom stereocenters. The Labute approximate surface area is 120 Å². The maximum atomic E-state index is 12.1. The van der Waals surface area contributed by atoms with Crippen molar-refractivity contribution in [3.8, 4) is 0 Å². The van der Waals surface area contributed by atoms with Crippen LogP contribution < -0.4 is 10.6 Å². The number of halogens is 2. The lowest BCUT2D eigenvalue weighted by molar-refractivity contribution is -0.119. The van der Waals surface area contributed by atoms with Gasteiger partial charge in [-0.3, -0.25) is 4.79 Å². The predicted octanol–water partition coefficient (Wildman–Crippen LogP) is 3.43. The standard InChI is InChI=1S/C13H16BrClN2O/c1-8-4-5-16-12(6-8)13(18)17-9-2-3-10(14)11(15)7-9/h2-3,7-8,12,16H,4-6H2,1H3,(H,17,18). The number of piperidine rings is 1. The third-order valence-electron chi connectivity index (χ3n) is 3.17. The Morgan fingerprint density at radius 2 is 2.33 bits per heavy atom. The van der Waals surface area contributed by atoms with Crippen LogP contribution in [-0.2, 0) is 4.79 Å². The van der Waals surface area contributed by atoms with Gasteiger partial charge in [0.25, 0.3) is 0 Å². The summed E-state index contributed by atoms with van der Waals surface area (Å²) in [6.07, 6.45) is 2.02. The lowest BCUT2D eigenvalue weighted by Crippen LogP contribution is -2.45. The summed E-state index contributed by atoms with van der Waals surface area (Å²) in [5.41, 5.74) is 0.730. The molecule has 0 saturated carbocycles. The molecular weight excluding hydrogens is 316 g/mol. The number of hydrogen-bond donors (Lipinski definition) is 2. The topological polar surface area (TPSA) is 41.1 Å². The first kappa shape index (κ1) is 13.8. The Bertz CT molecular complexity index is 453. The number of amides is 1. The summed E-state index contributed by atoms with van der Waals surface area (Å²) in [5.74, 6) is 0.607. The highest BCUT2D eigenvalue weighted by atomic mass is 79.9. The zero-order chi connectivity index (χ0) is 13.1. The minimum atomic E-state index is -0.101. The molecule has 0 aromatic heterocycles. The highest BCUT2D eigenvalue weighted by molar-refractivity contribution is 9.10. The highest BCUT2D eigenvalue weighted by Gasteiger charge is 2.24. The van der Waals surface area contributed by atoms with Crippen molar-refractivity contribution in [2.24, 2.45) is 5.92 Å². The van der Waals surface area contributed by atoms with Crippen LogP contribution in [0.2, 0.25) is 5.02 Å². The quantitative estimate of drug-likeness (QED) is 0.872. The Morgan fingerprint density at radius 1 is 1.56 bits per heavy atom. The number of carbonyl (C=O) groups is 1. The average Bonchev–Trinajstić information content (AvgIpc) is 2.34. The van der Waals surface area contributed by atoms with Crippen LogP contribution in [0.25, 0.3) is 0 Å². The van der Waals surface area contributed by atoms with Crippen molar-refractivity contribution in [1.82, 2.24) is 5.32 Å². The molecule has 1 heterocycles.